The Labute approximate surface area is 64.2 Å². The minimum atomic E-state index is 0.461. The molecule has 1 heterocycles. The molecule has 0 saturated heterocycles. The fourth-order valence-corrected chi connectivity index (χ4v) is 0.556. The zero-order valence-corrected chi connectivity index (χ0v) is 5.94. The van der Waals surface area contributed by atoms with E-state index in [0.717, 1.165) is 0 Å². The third-order valence-electron chi connectivity index (χ3n) is 1.04. The average molecular weight is 151 g/mol. The molecule has 0 saturated carbocycles. The van der Waals surface area contributed by atoms with E-state index in [1.165, 1.54) is 10.9 Å². The molecular weight excluding hydrogens is 142 g/mol. The van der Waals surface area contributed by atoms with E-state index in [1.807, 2.05) is 0 Å². The van der Waals surface area contributed by atoms with E-state index in [4.69, 9.17) is 5.73 Å². The Morgan fingerprint density at radius 2 is 2.55 bits per heavy atom. The molecule has 11 heavy (non-hydrogen) atoms. The van der Waals surface area contributed by atoms with Crippen LogP contribution in [0.4, 0.5) is 0 Å². The van der Waals surface area contributed by atoms with Crippen LogP contribution in [0.5, 0.6) is 0 Å². The van der Waals surface area contributed by atoms with Gasteiger partial charge in [-0.3, -0.25) is 0 Å². The van der Waals surface area contributed by atoms with Crippen molar-refractivity contribution in [3.63, 3.8) is 0 Å². The highest BCUT2D eigenvalue weighted by Gasteiger charge is 1.91. The van der Waals surface area contributed by atoms with Crippen LogP contribution >= 0.6 is 0 Å². The number of nitrogens with zero attached hydrogens (tertiary/aromatic N) is 3. The second-order valence-electron chi connectivity index (χ2n) is 1.79. The van der Waals surface area contributed by atoms with Gasteiger partial charge in [0.1, 0.15) is 5.82 Å². The summed E-state index contributed by atoms with van der Waals surface area (Å²) in [5.74, 6) is 0.461. The predicted octanol–water partition coefficient (Wildman–Crippen LogP) is -0.274. The van der Waals surface area contributed by atoms with E-state index < -0.39 is 0 Å². The number of aromatic nitrogens is 3. The van der Waals surface area contributed by atoms with Crippen molar-refractivity contribution in [3.05, 3.63) is 31.4 Å². The quantitative estimate of drug-likeness (QED) is 0.623. The molecule has 1 aromatic heterocycles. The Bertz CT molecular complexity index is 248. The maximum absolute atomic E-state index is 5.54. The molecule has 1 aromatic rings. The number of rotatable bonds is 3. The molecule has 58 valence electrons. The molecule has 0 amide bonds. The van der Waals surface area contributed by atoms with Crippen LogP contribution in [0.25, 0.3) is 5.82 Å². The van der Waals surface area contributed by atoms with E-state index in [2.05, 4.69) is 22.2 Å². The molecule has 0 radical (unpaired) electrons. The SMILES string of the molecule is C=CN/C=C(/N)n1ccnn1. The zero-order valence-electron chi connectivity index (χ0n) is 5.94. The number of nitrogens with two attached hydrogens (primary N) is 1. The summed E-state index contributed by atoms with van der Waals surface area (Å²) in [5, 5.41) is 9.98. The van der Waals surface area contributed by atoms with Gasteiger partial charge in [-0.05, 0) is 6.20 Å². The van der Waals surface area contributed by atoms with E-state index in [0.29, 0.717) is 5.82 Å². The lowest BCUT2D eigenvalue weighted by Gasteiger charge is -1.97. The van der Waals surface area contributed by atoms with Crippen molar-refractivity contribution in [1.29, 1.82) is 0 Å². The zero-order chi connectivity index (χ0) is 8.10. The molecule has 0 aliphatic heterocycles. The van der Waals surface area contributed by atoms with Gasteiger partial charge in [-0.1, -0.05) is 11.8 Å². The Morgan fingerprint density at radius 1 is 1.73 bits per heavy atom. The van der Waals surface area contributed by atoms with Crippen molar-refractivity contribution >= 4 is 5.82 Å². The summed E-state index contributed by atoms with van der Waals surface area (Å²) in [6, 6.07) is 0. The minimum Gasteiger partial charge on any atom is -0.382 e. The van der Waals surface area contributed by atoms with Crippen LogP contribution in [-0.4, -0.2) is 15.0 Å². The molecule has 1 rings (SSSR count). The summed E-state index contributed by atoms with van der Waals surface area (Å²) in [4.78, 5) is 0. The first-order valence-corrected chi connectivity index (χ1v) is 3.04. The van der Waals surface area contributed by atoms with Crippen molar-refractivity contribution in [3.8, 4) is 0 Å². The standard InChI is InChI=1S/C6H9N5/c1-2-8-5-6(7)11-4-3-9-10-11/h2-5,8H,1,7H2/b6-5-. The van der Waals surface area contributed by atoms with Gasteiger partial charge < -0.3 is 11.1 Å². The highest BCUT2D eigenvalue weighted by atomic mass is 15.4. The first-order valence-electron chi connectivity index (χ1n) is 3.04. The molecule has 0 atom stereocenters. The number of nitrogens with one attached hydrogen (secondary N) is 1. The lowest BCUT2D eigenvalue weighted by molar-refractivity contribution is 0.804. The van der Waals surface area contributed by atoms with Gasteiger partial charge in [0, 0.05) is 6.20 Å². The van der Waals surface area contributed by atoms with Gasteiger partial charge in [0.15, 0.2) is 0 Å². The maximum atomic E-state index is 5.54. The maximum Gasteiger partial charge on any atom is 0.142 e. The van der Waals surface area contributed by atoms with Crippen LogP contribution in [0.15, 0.2) is 31.4 Å². The molecule has 0 unspecified atom stereocenters. The fraction of sp³-hybridized carbons (Fsp3) is 0. The molecule has 0 bridgehead atoms. The number of hydrogen-bond donors (Lipinski definition) is 2. The summed E-state index contributed by atoms with van der Waals surface area (Å²) in [6.45, 7) is 3.46. The van der Waals surface area contributed by atoms with Gasteiger partial charge in [0.25, 0.3) is 0 Å². The van der Waals surface area contributed by atoms with Crippen LogP contribution in [-0.2, 0) is 0 Å². The van der Waals surface area contributed by atoms with Gasteiger partial charge in [-0.25, -0.2) is 4.68 Å². The van der Waals surface area contributed by atoms with Crippen molar-refractivity contribution in [2.75, 3.05) is 0 Å². The van der Waals surface area contributed by atoms with Gasteiger partial charge in [-0.15, -0.1) is 5.10 Å². The van der Waals surface area contributed by atoms with Gasteiger partial charge in [-0.2, -0.15) is 0 Å². The fourth-order valence-electron chi connectivity index (χ4n) is 0.556. The van der Waals surface area contributed by atoms with E-state index in [1.54, 1.807) is 18.6 Å². The molecule has 0 fully saturated rings. The van der Waals surface area contributed by atoms with Gasteiger partial charge >= 0.3 is 0 Å². The summed E-state index contributed by atoms with van der Waals surface area (Å²) >= 11 is 0. The van der Waals surface area contributed by atoms with E-state index >= 15 is 0 Å². The predicted molar refractivity (Wildman–Crippen MR) is 41.8 cm³/mol. The summed E-state index contributed by atoms with van der Waals surface area (Å²) in [7, 11) is 0. The van der Waals surface area contributed by atoms with Crippen molar-refractivity contribution in [2.24, 2.45) is 5.73 Å². The van der Waals surface area contributed by atoms with Crippen LogP contribution < -0.4 is 11.1 Å². The van der Waals surface area contributed by atoms with Crippen LogP contribution in [0.3, 0.4) is 0 Å². The lowest BCUT2D eigenvalue weighted by atomic mass is 10.7. The van der Waals surface area contributed by atoms with Crippen molar-refractivity contribution in [1.82, 2.24) is 20.3 Å². The second kappa shape index (κ2) is 3.40. The van der Waals surface area contributed by atoms with E-state index in [-0.39, 0.29) is 0 Å². The Balaban J connectivity index is 2.68. The van der Waals surface area contributed by atoms with Crippen molar-refractivity contribution in [2.45, 2.75) is 0 Å². The normalized spacial score (nSPS) is 11.1. The molecule has 5 nitrogen and oxygen atoms in total. The molecular formula is C6H9N5. The second-order valence-corrected chi connectivity index (χ2v) is 1.79. The highest BCUT2D eigenvalue weighted by molar-refractivity contribution is 5.37. The number of hydrogen-bond acceptors (Lipinski definition) is 4. The average Bonchev–Trinajstić information content (AvgIpc) is 2.52. The first kappa shape index (κ1) is 7.33. The summed E-state index contributed by atoms with van der Waals surface area (Å²) in [6.07, 6.45) is 6.29. The highest BCUT2D eigenvalue weighted by Crippen LogP contribution is 1.88. The van der Waals surface area contributed by atoms with Crippen LogP contribution in [0.1, 0.15) is 0 Å². The third kappa shape index (κ3) is 1.82. The molecule has 0 aromatic carbocycles. The molecule has 0 aliphatic carbocycles. The van der Waals surface area contributed by atoms with Gasteiger partial charge in [0.05, 0.1) is 12.4 Å². The molecule has 0 aliphatic rings. The molecule has 5 heteroatoms. The first-order chi connectivity index (χ1) is 5.34. The Kier molecular flexibility index (Phi) is 2.27. The summed E-state index contributed by atoms with van der Waals surface area (Å²) in [5.41, 5.74) is 5.54. The van der Waals surface area contributed by atoms with Gasteiger partial charge in [0.2, 0.25) is 0 Å². The Morgan fingerprint density at radius 3 is 3.09 bits per heavy atom. The Hall–Kier alpha value is -1.78. The molecule has 3 N–H and O–H groups in total. The van der Waals surface area contributed by atoms with Crippen LogP contribution in [0.2, 0.25) is 0 Å². The lowest BCUT2D eigenvalue weighted by Crippen LogP contribution is -2.10. The van der Waals surface area contributed by atoms with Crippen molar-refractivity contribution < 1.29 is 0 Å². The topological polar surface area (TPSA) is 68.8 Å². The smallest absolute Gasteiger partial charge is 0.142 e. The minimum absolute atomic E-state index is 0.461. The van der Waals surface area contributed by atoms with Crippen LogP contribution in [0, 0.1) is 0 Å². The largest absolute Gasteiger partial charge is 0.382 e. The third-order valence-corrected chi connectivity index (χ3v) is 1.04. The summed E-state index contributed by atoms with van der Waals surface area (Å²) < 4.78 is 1.44. The molecule has 0 spiro atoms. The van der Waals surface area contributed by atoms with E-state index in [9.17, 15) is 0 Å². The monoisotopic (exact) mass is 151 g/mol.